The van der Waals surface area contributed by atoms with Crippen LogP contribution in [0.25, 0.3) is 21.7 Å². The predicted octanol–water partition coefficient (Wildman–Crippen LogP) is 4.04. The number of benzene rings is 1. The Morgan fingerprint density at radius 1 is 1.25 bits per heavy atom. The largest absolute Gasteiger partial charge is 0.337 e. The summed E-state index contributed by atoms with van der Waals surface area (Å²) < 4.78 is 0. The van der Waals surface area contributed by atoms with E-state index in [0.717, 1.165) is 16.9 Å². The highest BCUT2D eigenvalue weighted by molar-refractivity contribution is 7.15. The Labute approximate surface area is 120 Å². The van der Waals surface area contributed by atoms with E-state index in [4.69, 9.17) is 5.26 Å². The second-order valence-corrected chi connectivity index (χ2v) is 6.30. The predicted molar refractivity (Wildman–Crippen MR) is 80.8 cm³/mol. The van der Waals surface area contributed by atoms with E-state index in [9.17, 15) is 0 Å². The number of imidazole rings is 1. The SMILES string of the molecule is N#Cc1cccc2[nH]c(-c3cc4c(s3)CCCC4)nc12. The first kappa shape index (κ1) is 11.7. The van der Waals surface area contributed by atoms with Crippen molar-refractivity contribution in [2.75, 3.05) is 0 Å². The molecule has 1 N–H and O–H groups in total. The monoisotopic (exact) mass is 279 g/mol. The van der Waals surface area contributed by atoms with Gasteiger partial charge in [-0.2, -0.15) is 5.26 Å². The summed E-state index contributed by atoms with van der Waals surface area (Å²) in [5, 5.41) is 9.15. The normalized spacial score (nSPS) is 14.2. The summed E-state index contributed by atoms with van der Waals surface area (Å²) in [7, 11) is 0. The fraction of sp³-hybridized carbons (Fsp3) is 0.250. The summed E-state index contributed by atoms with van der Waals surface area (Å²) in [6.07, 6.45) is 4.98. The molecule has 0 unspecified atom stereocenters. The van der Waals surface area contributed by atoms with Crippen molar-refractivity contribution >= 4 is 22.4 Å². The molecule has 0 radical (unpaired) electrons. The van der Waals surface area contributed by atoms with Crippen LogP contribution in [-0.2, 0) is 12.8 Å². The number of hydrogen-bond acceptors (Lipinski definition) is 3. The second-order valence-electron chi connectivity index (χ2n) is 5.17. The standard InChI is InChI=1S/C16H13N3S/c17-9-11-5-3-6-12-15(11)19-16(18-12)14-8-10-4-1-2-7-13(10)20-14/h3,5-6,8H,1-2,4,7H2,(H,18,19). The maximum atomic E-state index is 9.15. The highest BCUT2D eigenvalue weighted by atomic mass is 32.1. The zero-order valence-electron chi connectivity index (χ0n) is 10.9. The number of nitrogens with zero attached hydrogens (tertiary/aromatic N) is 2. The van der Waals surface area contributed by atoms with Gasteiger partial charge in [-0.3, -0.25) is 0 Å². The van der Waals surface area contributed by atoms with Crippen molar-refractivity contribution in [3.63, 3.8) is 0 Å². The smallest absolute Gasteiger partial charge is 0.148 e. The number of thiophene rings is 1. The van der Waals surface area contributed by atoms with Crippen LogP contribution in [0.4, 0.5) is 0 Å². The number of H-pyrrole nitrogens is 1. The van der Waals surface area contributed by atoms with E-state index in [1.807, 2.05) is 29.5 Å². The maximum Gasteiger partial charge on any atom is 0.148 e. The summed E-state index contributed by atoms with van der Waals surface area (Å²) in [6, 6.07) is 10.1. The third kappa shape index (κ3) is 1.75. The molecular weight excluding hydrogens is 266 g/mol. The first-order chi connectivity index (χ1) is 9.85. The summed E-state index contributed by atoms with van der Waals surface area (Å²) in [4.78, 5) is 10.7. The fourth-order valence-corrected chi connectivity index (χ4v) is 4.04. The minimum absolute atomic E-state index is 0.631. The van der Waals surface area contributed by atoms with Crippen LogP contribution in [0, 0.1) is 11.3 Å². The molecule has 2 aromatic heterocycles. The fourth-order valence-electron chi connectivity index (χ4n) is 2.85. The van der Waals surface area contributed by atoms with Crippen molar-refractivity contribution < 1.29 is 0 Å². The van der Waals surface area contributed by atoms with E-state index >= 15 is 0 Å². The van der Waals surface area contributed by atoms with Crippen molar-refractivity contribution in [1.29, 1.82) is 5.26 Å². The Morgan fingerprint density at radius 3 is 3.00 bits per heavy atom. The topological polar surface area (TPSA) is 52.5 Å². The molecule has 3 nitrogen and oxygen atoms in total. The highest BCUT2D eigenvalue weighted by Crippen LogP contribution is 2.35. The van der Waals surface area contributed by atoms with Crippen LogP contribution in [0.5, 0.6) is 0 Å². The molecule has 98 valence electrons. The number of rotatable bonds is 1. The van der Waals surface area contributed by atoms with Gasteiger partial charge in [-0.05, 0) is 49.4 Å². The van der Waals surface area contributed by atoms with Gasteiger partial charge < -0.3 is 4.98 Å². The van der Waals surface area contributed by atoms with E-state index < -0.39 is 0 Å². The first-order valence-electron chi connectivity index (χ1n) is 6.86. The van der Waals surface area contributed by atoms with E-state index in [0.29, 0.717) is 5.56 Å². The van der Waals surface area contributed by atoms with Crippen molar-refractivity contribution in [3.8, 4) is 16.8 Å². The van der Waals surface area contributed by atoms with Gasteiger partial charge in [0.25, 0.3) is 0 Å². The Morgan fingerprint density at radius 2 is 2.15 bits per heavy atom. The maximum absolute atomic E-state index is 9.15. The van der Waals surface area contributed by atoms with E-state index in [-0.39, 0.29) is 0 Å². The van der Waals surface area contributed by atoms with Gasteiger partial charge >= 0.3 is 0 Å². The van der Waals surface area contributed by atoms with Gasteiger partial charge in [-0.15, -0.1) is 11.3 Å². The molecular formula is C16H13N3S. The number of para-hydroxylation sites is 1. The molecule has 4 heteroatoms. The van der Waals surface area contributed by atoms with E-state index in [2.05, 4.69) is 22.1 Å². The van der Waals surface area contributed by atoms with E-state index in [1.54, 1.807) is 0 Å². The molecule has 3 aromatic rings. The van der Waals surface area contributed by atoms with Crippen molar-refractivity contribution in [1.82, 2.24) is 9.97 Å². The molecule has 1 aromatic carbocycles. The van der Waals surface area contributed by atoms with Crippen molar-refractivity contribution in [2.24, 2.45) is 0 Å². The minimum Gasteiger partial charge on any atom is -0.337 e. The van der Waals surface area contributed by atoms with Gasteiger partial charge in [-0.25, -0.2) is 4.98 Å². The van der Waals surface area contributed by atoms with Crippen LogP contribution >= 0.6 is 11.3 Å². The molecule has 4 rings (SSSR count). The van der Waals surface area contributed by atoms with Crippen LogP contribution in [0.3, 0.4) is 0 Å². The van der Waals surface area contributed by atoms with Crippen molar-refractivity contribution in [2.45, 2.75) is 25.7 Å². The molecule has 0 spiro atoms. The van der Waals surface area contributed by atoms with Gasteiger partial charge in [0.05, 0.1) is 16.0 Å². The Bertz CT molecular complexity index is 812. The zero-order valence-corrected chi connectivity index (χ0v) is 11.8. The van der Waals surface area contributed by atoms with Crippen LogP contribution in [-0.4, -0.2) is 9.97 Å². The van der Waals surface area contributed by atoms with Crippen LogP contribution in [0.15, 0.2) is 24.3 Å². The summed E-state index contributed by atoms with van der Waals surface area (Å²) in [6.45, 7) is 0. The summed E-state index contributed by atoms with van der Waals surface area (Å²) >= 11 is 1.84. The average molecular weight is 279 g/mol. The molecule has 0 saturated carbocycles. The second kappa shape index (κ2) is 4.46. The number of hydrogen-bond donors (Lipinski definition) is 1. The molecule has 0 fully saturated rings. The molecule has 0 atom stereocenters. The number of nitrogens with one attached hydrogen (secondary N) is 1. The van der Waals surface area contributed by atoms with Gasteiger partial charge in [0.1, 0.15) is 17.4 Å². The lowest BCUT2D eigenvalue weighted by molar-refractivity contribution is 0.697. The summed E-state index contributed by atoms with van der Waals surface area (Å²) in [5.41, 5.74) is 3.82. The highest BCUT2D eigenvalue weighted by Gasteiger charge is 2.16. The van der Waals surface area contributed by atoms with E-state index in [1.165, 1.54) is 41.0 Å². The lowest BCUT2D eigenvalue weighted by atomic mass is 9.99. The number of aromatic amines is 1. The molecule has 0 saturated heterocycles. The van der Waals surface area contributed by atoms with Gasteiger partial charge in [0, 0.05) is 4.88 Å². The van der Waals surface area contributed by atoms with Crippen LogP contribution < -0.4 is 0 Å². The van der Waals surface area contributed by atoms with Gasteiger partial charge in [-0.1, -0.05) is 6.07 Å². The van der Waals surface area contributed by atoms with Gasteiger partial charge in [0.2, 0.25) is 0 Å². The summed E-state index contributed by atoms with van der Waals surface area (Å²) in [5.74, 6) is 0.891. The lowest BCUT2D eigenvalue weighted by Gasteiger charge is -2.08. The number of aromatic nitrogens is 2. The molecule has 0 aliphatic heterocycles. The number of fused-ring (bicyclic) bond motifs is 2. The third-order valence-electron chi connectivity index (χ3n) is 3.86. The number of aryl methyl sites for hydroxylation is 2. The third-order valence-corrected chi connectivity index (χ3v) is 5.11. The Hall–Kier alpha value is -2.12. The minimum atomic E-state index is 0.631. The molecule has 2 heterocycles. The Kier molecular flexibility index (Phi) is 2.61. The Balaban J connectivity index is 1.86. The molecule has 0 bridgehead atoms. The molecule has 0 amide bonds. The van der Waals surface area contributed by atoms with Crippen LogP contribution in [0.1, 0.15) is 28.8 Å². The molecule has 1 aliphatic rings. The van der Waals surface area contributed by atoms with Gasteiger partial charge in [0.15, 0.2) is 0 Å². The first-order valence-corrected chi connectivity index (χ1v) is 7.67. The number of nitriles is 1. The molecule has 1 aliphatic carbocycles. The average Bonchev–Trinajstić information content (AvgIpc) is 3.09. The van der Waals surface area contributed by atoms with Crippen molar-refractivity contribution in [3.05, 3.63) is 40.3 Å². The van der Waals surface area contributed by atoms with Crippen LogP contribution in [0.2, 0.25) is 0 Å². The molecule has 20 heavy (non-hydrogen) atoms. The zero-order chi connectivity index (χ0) is 13.5. The lowest BCUT2D eigenvalue weighted by Crippen LogP contribution is -1.96. The quantitative estimate of drug-likeness (QED) is 0.730.